The Morgan fingerprint density at radius 2 is 1.62 bits per heavy atom. The summed E-state index contributed by atoms with van der Waals surface area (Å²) < 4.78 is 0. The van der Waals surface area contributed by atoms with E-state index >= 15 is 0 Å². The summed E-state index contributed by atoms with van der Waals surface area (Å²) in [5, 5.41) is 1.04. The molecule has 1 amide bonds. The van der Waals surface area contributed by atoms with E-state index < -0.39 is 0 Å². The van der Waals surface area contributed by atoms with Gasteiger partial charge in [-0.15, -0.1) is 0 Å². The first-order chi connectivity index (χ1) is 7.36. The van der Waals surface area contributed by atoms with Crippen LogP contribution in [0.4, 0.5) is 0 Å². The molecule has 0 aromatic heterocycles. The summed E-state index contributed by atoms with van der Waals surface area (Å²) >= 11 is 12.2. The minimum atomic E-state index is -0.291. The molecule has 0 heterocycles. The number of nitrogens with one attached hydrogen (secondary N) is 1. The Labute approximate surface area is 105 Å². The molecular formula is C11H13Cl2NO2. The number of hydrogen-bond acceptors (Lipinski definition) is 2. The minimum Gasteiger partial charge on any atom is -0.378 e. The number of carbonyl (C=O) groups excluding carboxylic acids is 1. The van der Waals surface area contributed by atoms with Gasteiger partial charge < -0.3 is 4.84 Å². The second kappa shape index (κ2) is 4.93. The maximum Gasteiger partial charge on any atom is 0.249 e. The molecule has 1 N–H and O–H groups in total. The largest absolute Gasteiger partial charge is 0.378 e. The molecule has 0 saturated carbocycles. The van der Waals surface area contributed by atoms with Crippen molar-refractivity contribution in [2.45, 2.75) is 27.7 Å². The summed E-state index contributed by atoms with van der Waals surface area (Å²) in [5.41, 5.74) is 4.70. The average Bonchev–Trinajstić information content (AvgIpc) is 2.23. The topological polar surface area (TPSA) is 38.3 Å². The van der Waals surface area contributed by atoms with Crippen LogP contribution in [0, 0.1) is 20.8 Å². The summed E-state index contributed by atoms with van der Waals surface area (Å²) in [6.07, 6.45) is 0. The number of carbonyl (C=O) groups is 1. The van der Waals surface area contributed by atoms with Crippen LogP contribution in [-0.2, 0) is 4.79 Å². The molecule has 0 aliphatic rings. The Hall–Kier alpha value is -0.930. The van der Waals surface area contributed by atoms with Crippen LogP contribution in [0.1, 0.15) is 23.6 Å². The molecule has 16 heavy (non-hydrogen) atoms. The van der Waals surface area contributed by atoms with Crippen LogP contribution in [-0.4, -0.2) is 5.91 Å². The van der Waals surface area contributed by atoms with E-state index in [1.807, 2.05) is 13.8 Å². The highest BCUT2D eigenvalue weighted by Crippen LogP contribution is 2.38. The number of halogens is 2. The van der Waals surface area contributed by atoms with E-state index in [-0.39, 0.29) is 5.91 Å². The molecule has 0 aliphatic heterocycles. The zero-order chi connectivity index (χ0) is 12.5. The maximum absolute atomic E-state index is 10.8. The normalized spacial score (nSPS) is 10.1. The SMILES string of the molecule is CC(=O)NOc1c(C)c(C)c(Cl)c(C)c1Cl. The van der Waals surface area contributed by atoms with Crippen LogP contribution in [0.5, 0.6) is 5.75 Å². The Morgan fingerprint density at radius 1 is 1.06 bits per heavy atom. The Morgan fingerprint density at radius 3 is 2.12 bits per heavy atom. The molecule has 0 bridgehead atoms. The molecule has 0 unspecified atom stereocenters. The van der Waals surface area contributed by atoms with Crippen molar-refractivity contribution in [1.82, 2.24) is 5.48 Å². The second-order valence-corrected chi connectivity index (χ2v) is 4.35. The zero-order valence-corrected chi connectivity index (χ0v) is 11.1. The molecule has 1 aromatic carbocycles. The summed E-state index contributed by atoms with van der Waals surface area (Å²) in [7, 11) is 0. The third-order valence-corrected chi connectivity index (χ3v) is 3.41. The Balaban J connectivity index is 3.23. The van der Waals surface area contributed by atoms with Crippen molar-refractivity contribution in [3.63, 3.8) is 0 Å². The highest BCUT2D eigenvalue weighted by atomic mass is 35.5. The third kappa shape index (κ3) is 2.42. The standard InChI is InChI=1S/C11H13Cl2NO2/c1-5-6(2)11(16-14-8(4)15)10(13)7(3)9(5)12/h1-4H3,(H,14,15). The van der Waals surface area contributed by atoms with E-state index in [2.05, 4.69) is 5.48 Å². The van der Waals surface area contributed by atoms with Gasteiger partial charge in [0.2, 0.25) is 5.91 Å². The Kier molecular flexibility index (Phi) is 4.05. The lowest BCUT2D eigenvalue weighted by Crippen LogP contribution is -2.24. The molecule has 0 fully saturated rings. The third-order valence-electron chi connectivity index (χ3n) is 2.39. The molecule has 1 rings (SSSR count). The van der Waals surface area contributed by atoms with Gasteiger partial charge in [0.15, 0.2) is 5.75 Å². The molecule has 0 aliphatic carbocycles. The van der Waals surface area contributed by atoms with Crippen LogP contribution in [0.2, 0.25) is 10.0 Å². The van der Waals surface area contributed by atoms with Crippen molar-refractivity contribution in [2.75, 3.05) is 0 Å². The molecule has 0 spiro atoms. The van der Waals surface area contributed by atoms with E-state index in [1.54, 1.807) is 6.92 Å². The van der Waals surface area contributed by atoms with Gasteiger partial charge in [-0.1, -0.05) is 23.2 Å². The van der Waals surface area contributed by atoms with Crippen LogP contribution in [0.3, 0.4) is 0 Å². The molecule has 0 atom stereocenters. The summed E-state index contributed by atoms with van der Waals surface area (Å²) in [4.78, 5) is 15.9. The number of rotatable bonds is 2. The van der Waals surface area contributed by atoms with Crippen molar-refractivity contribution in [3.8, 4) is 5.75 Å². The average molecular weight is 262 g/mol. The zero-order valence-electron chi connectivity index (χ0n) is 9.57. The lowest BCUT2D eigenvalue weighted by atomic mass is 10.1. The van der Waals surface area contributed by atoms with Gasteiger partial charge in [-0.05, 0) is 31.9 Å². The fourth-order valence-corrected chi connectivity index (χ4v) is 1.85. The second-order valence-electron chi connectivity index (χ2n) is 3.59. The molecule has 5 heteroatoms. The van der Waals surface area contributed by atoms with Gasteiger partial charge >= 0.3 is 0 Å². The quantitative estimate of drug-likeness (QED) is 0.830. The smallest absolute Gasteiger partial charge is 0.249 e. The first kappa shape index (κ1) is 13.1. The first-order valence-corrected chi connectivity index (χ1v) is 5.50. The van der Waals surface area contributed by atoms with E-state index in [0.29, 0.717) is 15.8 Å². The van der Waals surface area contributed by atoms with Gasteiger partial charge in [-0.2, -0.15) is 5.48 Å². The molecule has 88 valence electrons. The lowest BCUT2D eigenvalue weighted by Gasteiger charge is -2.15. The van der Waals surface area contributed by atoms with Crippen LogP contribution < -0.4 is 10.3 Å². The number of hydroxylamine groups is 1. The van der Waals surface area contributed by atoms with Crippen LogP contribution in [0.25, 0.3) is 0 Å². The maximum atomic E-state index is 10.8. The van der Waals surface area contributed by atoms with E-state index in [4.69, 9.17) is 28.0 Å². The minimum absolute atomic E-state index is 0.291. The van der Waals surface area contributed by atoms with Gasteiger partial charge in [0.1, 0.15) is 0 Å². The molecule has 1 aromatic rings. The van der Waals surface area contributed by atoms with E-state index in [9.17, 15) is 4.79 Å². The highest BCUT2D eigenvalue weighted by Gasteiger charge is 2.16. The van der Waals surface area contributed by atoms with Crippen molar-refractivity contribution >= 4 is 29.1 Å². The number of benzene rings is 1. The van der Waals surface area contributed by atoms with Gasteiger partial charge in [-0.25, -0.2) is 0 Å². The molecule has 0 saturated heterocycles. The van der Waals surface area contributed by atoms with Gasteiger partial charge in [-0.3, -0.25) is 4.79 Å². The van der Waals surface area contributed by atoms with Crippen molar-refractivity contribution in [1.29, 1.82) is 0 Å². The van der Waals surface area contributed by atoms with Crippen molar-refractivity contribution in [2.24, 2.45) is 0 Å². The summed E-state index contributed by atoms with van der Waals surface area (Å²) in [6.45, 7) is 6.88. The fourth-order valence-electron chi connectivity index (χ4n) is 1.29. The lowest BCUT2D eigenvalue weighted by molar-refractivity contribution is -0.125. The van der Waals surface area contributed by atoms with E-state index in [0.717, 1.165) is 16.7 Å². The molecular weight excluding hydrogens is 249 g/mol. The van der Waals surface area contributed by atoms with Gasteiger partial charge in [0, 0.05) is 17.5 Å². The fraction of sp³-hybridized carbons (Fsp3) is 0.364. The molecule has 0 radical (unpaired) electrons. The number of amides is 1. The van der Waals surface area contributed by atoms with Crippen molar-refractivity contribution in [3.05, 3.63) is 26.7 Å². The van der Waals surface area contributed by atoms with Crippen LogP contribution >= 0.6 is 23.2 Å². The first-order valence-electron chi connectivity index (χ1n) is 4.74. The monoisotopic (exact) mass is 261 g/mol. The van der Waals surface area contributed by atoms with Crippen LogP contribution in [0.15, 0.2) is 0 Å². The molecule has 3 nitrogen and oxygen atoms in total. The summed E-state index contributed by atoms with van der Waals surface area (Å²) in [6, 6.07) is 0. The van der Waals surface area contributed by atoms with E-state index in [1.165, 1.54) is 6.92 Å². The predicted molar refractivity (Wildman–Crippen MR) is 65.1 cm³/mol. The number of hydrogen-bond donors (Lipinski definition) is 1. The Bertz CT molecular complexity index is 415. The van der Waals surface area contributed by atoms with Crippen molar-refractivity contribution < 1.29 is 9.63 Å². The van der Waals surface area contributed by atoms with Gasteiger partial charge in [0.05, 0.1) is 5.02 Å². The summed E-state index contributed by atoms with van der Waals surface area (Å²) in [5.74, 6) is 0.150. The van der Waals surface area contributed by atoms with Gasteiger partial charge in [0.25, 0.3) is 0 Å². The highest BCUT2D eigenvalue weighted by molar-refractivity contribution is 6.37. The predicted octanol–water partition coefficient (Wildman–Crippen LogP) is 3.35.